The van der Waals surface area contributed by atoms with Gasteiger partial charge in [-0.15, -0.1) is 12.4 Å². The molecule has 3 nitrogen and oxygen atoms in total. The number of carbonyl (C=O) groups excluding carboxylic acids is 1. The van der Waals surface area contributed by atoms with Gasteiger partial charge in [-0.1, -0.05) is 38.8 Å². The molecule has 0 amide bonds. The number of halogens is 1. The van der Waals surface area contributed by atoms with Crippen LogP contribution in [-0.4, -0.2) is 17.4 Å². The summed E-state index contributed by atoms with van der Waals surface area (Å²) in [4.78, 5) is 24.9. The highest BCUT2D eigenvalue weighted by Gasteiger charge is 2.78. The van der Waals surface area contributed by atoms with E-state index in [1.807, 2.05) is 0 Å². The van der Waals surface area contributed by atoms with E-state index in [0.717, 1.165) is 37.5 Å². The van der Waals surface area contributed by atoms with Crippen molar-refractivity contribution in [1.29, 1.82) is 0 Å². The van der Waals surface area contributed by atoms with Crippen molar-refractivity contribution in [1.82, 2.24) is 0 Å². The van der Waals surface area contributed by atoms with E-state index in [2.05, 4.69) is 26.8 Å². The van der Waals surface area contributed by atoms with E-state index in [0.29, 0.717) is 17.8 Å². The van der Waals surface area contributed by atoms with Crippen LogP contribution in [0.4, 0.5) is 0 Å². The number of fused-ring (bicyclic) bond motifs is 2. The Kier molecular flexibility index (Phi) is 3.76. The summed E-state index contributed by atoms with van der Waals surface area (Å²) in [5.41, 5.74) is -0.499. The number of carboxylic acids is 1. The van der Waals surface area contributed by atoms with Crippen LogP contribution >= 0.6 is 12.4 Å². The van der Waals surface area contributed by atoms with E-state index in [1.54, 1.807) is 0 Å². The zero-order valence-electron chi connectivity index (χ0n) is 14.1. The molecular weight excluding hydrogens is 312 g/mol. The van der Waals surface area contributed by atoms with E-state index in [-0.39, 0.29) is 30.2 Å². The van der Waals surface area contributed by atoms with Crippen LogP contribution in [0.5, 0.6) is 0 Å². The molecule has 0 aromatic rings. The molecule has 4 aliphatic rings. The second-order valence-corrected chi connectivity index (χ2v) is 8.58. The summed E-state index contributed by atoms with van der Waals surface area (Å²) in [6.07, 6.45) is 7.28. The Labute approximate surface area is 144 Å². The lowest BCUT2D eigenvalue weighted by Gasteiger charge is -2.53. The fourth-order valence-electron chi connectivity index (χ4n) is 7.13. The summed E-state index contributed by atoms with van der Waals surface area (Å²) in [5.74, 6) is 1.39. The molecule has 0 saturated heterocycles. The minimum Gasteiger partial charge on any atom is -0.481 e. The zero-order chi connectivity index (χ0) is 15.9. The first kappa shape index (κ1) is 17.0. The Bertz CT molecular complexity index is 583. The molecule has 0 spiro atoms. The SMILES string of the molecule is CC(C)C1=CC2CC3(C=O)C4CCC(C)C4CC2C13C(=O)O.Cl. The van der Waals surface area contributed by atoms with Gasteiger partial charge >= 0.3 is 5.97 Å². The number of hydrogen-bond acceptors (Lipinski definition) is 2. The third-order valence-corrected chi connectivity index (χ3v) is 7.77. The number of aldehydes is 1. The Morgan fingerprint density at radius 1 is 1.35 bits per heavy atom. The molecule has 1 N–H and O–H groups in total. The number of rotatable bonds is 3. The molecule has 128 valence electrons. The Hall–Kier alpha value is -0.830. The number of carboxylic acid groups (broad SMARTS) is 1. The molecular formula is C19H27ClO3. The van der Waals surface area contributed by atoms with Crippen LogP contribution in [0.2, 0.25) is 0 Å². The van der Waals surface area contributed by atoms with Gasteiger partial charge in [0, 0.05) is 5.41 Å². The highest BCUT2D eigenvalue weighted by Crippen LogP contribution is 2.77. The van der Waals surface area contributed by atoms with Crippen molar-refractivity contribution in [2.45, 2.75) is 46.5 Å². The van der Waals surface area contributed by atoms with Crippen LogP contribution in [-0.2, 0) is 9.59 Å². The molecule has 23 heavy (non-hydrogen) atoms. The molecule has 7 atom stereocenters. The summed E-state index contributed by atoms with van der Waals surface area (Å²) in [5, 5.41) is 10.3. The monoisotopic (exact) mass is 338 g/mol. The van der Waals surface area contributed by atoms with Crippen molar-refractivity contribution in [2.24, 2.45) is 46.3 Å². The fourth-order valence-corrected chi connectivity index (χ4v) is 7.13. The minimum absolute atomic E-state index is 0. The Balaban J connectivity index is 0.00000156. The average Bonchev–Trinajstić information content (AvgIpc) is 3.06. The standard InChI is InChI=1S/C19H26O3.ClH/c1-10(2)15-6-12-8-18(9-20)14-5-4-11(3)13(14)7-16(12)19(15,18)17(21)22;/h6,9-14,16H,4-5,7-8H2,1-3H3,(H,21,22);1H. The van der Waals surface area contributed by atoms with E-state index >= 15 is 0 Å². The van der Waals surface area contributed by atoms with Gasteiger partial charge in [-0.25, -0.2) is 0 Å². The number of aliphatic carboxylic acids is 1. The second-order valence-electron chi connectivity index (χ2n) is 8.58. The maximum absolute atomic E-state index is 12.5. The summed E-state index contributed by atoms with van der Waals surface area (Å²) >= 11 is 0. The van der Waals surface area contributed by atoms with Crippen molar-refractivity contribution < 1.29 is 14.7 Å². The Morgan fingerprint density at radius 3 is 2.61 bits per heavy atom. The minimum atomic E-state index is -0.904. The van der Waals surface area contributed by atoms with Gasteiger partial charge in [0.25, 0.3) is 0 Å². The molecule has 3 saturated carbocycles. The third-order valence-electron chi connectivity index (χ3n) is 7.77. The summed E-state index contributed by atoms with van der Waals surface area (Å²) in [6, 6.07) is 0. The van der Waals surface area contributed by atoms with E-state index in [4.69, 9.17) is 0 Å². The van der Waals surface area contributed by atoms with Crippen LogP contribution < -0.4 is 0 Å². The first-order valence-electron chi connectivity index (χ1n) is 8.82. The molecule has 7 unspecified atom stereocenters. The van der Waals surface area contributed by atoms with Crippen molar-refractivity contribution in [3.05, 3.63) is 11.6 Å². The summed E-state index contributed by atoms with van der Waals surface area (Å²) in [6.45, 7) is 6.46. The molecule has 0 heterocycles. The molecule has 0 aliphatic heterocycles. The van der Waals surface area contributed by atoms with Crippen LogP contribution in [0.1, 0.15) is 46.5 Å². The predicted octanol–water partition coefficient (Wildman–Crippen LogP) is 3.96. The lowest BCUT2D eigenvalue weighted by molar-refractivity contribution is -0.169. The van der Waals surface area contributed by atoms with Crippen LogP contribution in [0.15, 0.2) is 11.6 Å². The predicted molar refractivity (Wildman–Crippen MR) is 90.3 cm³/mol. The van der Waals surface area contributed by atoms with E-state index in [1.165, 1.54) is 0 Å². The zero-order valence-corrected chi connectivity index (χ0v) is 14.9. The molecule has 4 aliphatic carbocycles. The summed E-state index contributed by atoms with van der Waals surface area (Å²) < 4.78 is 0. The second kappa shape index (κ2) is 5.08. The number of hydrogen-bond donors (Lipinski definition) is 1. The lowest BCUT2D eigenvalue weighted by atomic mass is 9.47. The fraction of sp³-hybridized carbons (Fsp3) is 0.789. The van der Waals surface area contributed by atoms with Gasteiger partial charge in [0.05, 0.1) is 0 Å². The highest BCUT2D eigenvalue weighted by molar-refractivity contribution is 5.89. The highest BCUT2D eigenvalue weighted by atomic mass is 35.5. The van der Waals surface area contributed by atoms with Gasteiger partial charge in [-0.2, -0.15) is 0 Å². The van der Waals surface area contributed by atoms with Gasteiger partial charge in [0.15, 0.2) is 0 Å². The Morgan fingerprint density at radius 2 is 2.04 bits per heavy atom. The number of allylic oxidation sites excluding steroid dienone is 1. The average molecular weight is 339 g/mol. The van der Waals surface area contributed by atoms with Gasteiger partial charge in [-0.3, -0.25) is 4.79 Å². The molecule has 0 radical (unpaired) electrons. The molecule has 0 aromatic carbocycles. The quantitative estimate of drug-likeness (QED) is 0.626. The van der Waals surface area contributed by atoms with Gasteiger partial charge < -0.3 is 9.90 Å². The van der Waals surface area contributed by atoms with Gasteiger partial charge in [-0.05, 0) is 54.8 Å². The van der Waals surface area contributed by atoms with Crippen molar-refractivity contribution >= 4 is 24.7 Å². The van der Waals surface area contributed by atoms with Crippen molar-refractivity contribution in [2.75, 3.05) is 0 Å². The smallest absolute Gasteiger partial charge is 0.315 e. The number of carbonyl (C=O) groups is 2. The first-order chi connectivity index (χ1) is 10.4. The van der Waals surface area contributed by atoms with Crippen LogP contribution in [0.3, 0.4) is 0 Å². The lowest BCUT2D eigenvalue weighted by Crippen LogP contribution is -2.58. The van der Waals surface area contributed by atoms with E-state index in [9.17, 15) is 14.7 Å². The maximum Gasteiger partial charge on any atom is 0.315 e. The first-order valence-corrected chi connectivity index (χ1v) is 8.82. The molecule has 4 rings (SSSR count). The summed E-state index contributed by atoms with van der Waals surface area (Å²) in [7, 11) is 0. The van der Waals surface area contributed by atoms with Crippen LogP contribution in [0, 0.1) is 46.3 Å². The van der Waals surface area contributed by atoms with Crippen molar-refractivity contribution in [3.63, 3.8) is 0 Å². The van der Waals surface area contributed by atoms with Gasteiger partial charge in [0.2, 0.25) is 0 Å². The van der Waals surface area contributed by atoms with Crippen molar-refractivity contribution in [3.8, 4) is 0 Å². The molecule has 4 heteroatoms. The molecule has 4 bridgehead atoms. The third kappa shape index (κ3) is 1.63. The topological polar surface area (TPSA) is 54.4 Å². The normalized spacial score (nSPS) is 49.6. The van der Waals surface area contributed by atoms with E-state index < -0.39 is 16.8 Å². The molecule has 3 fully saturated rings. The van der Waals surface area contributed by atoms with Gasteiger partial charge in [0.1, 0.15) is 11.7 Å². The maximum atomic E-state index is 12.5. The largest absolute Gasteiger partial charge is 0.481 e. The molecule has 0 aromatic heterocycles. The van der Waals surface area contributed by atoms with Crippen LogP contribution in [0.25, 0.3) is 0 Å².